The van der Waals surface area contributed by atoms with Gasteiger partial charge in [-0.3, -0.25) is 0 Å². The monoisotopic (exact) mass is 196 g/mol. The molecular weight excluding hydrogens is 180 g/mol. The van der Waals surface area contributed by atoms with Gasteiger partial charge >= 0.3 is 0 Å². The van der Waals surface area contributed by atoms with Gasteiger partial charge in [0.25, 0.3) is 0 Å². The Labute approximate surface area is 83.4 Å². The summed E-state index contributed by atoms with van der Waals surface area (Å²) in [6.45, 7) is 4.21. The first-order chi connectivity index (χ1) is 6.77. The summed E-state index contributed by atoms with van der Waals surface area (Å²) in [6.07, 6.45) is 3.05. The van der Waals surface area contributed by atoms with Crippen molar-refractivity contribution >= 4 is 0 Å². The highest BCUT2D eigenvalue weighted by Crippen LogP contribution is 2.17. The van der Waals surface area contributed by atoms with Gasteiger partial charge in [0.05, 0.1) is 0 Å². The topological polar surface area (TPSA) is 52.0 Å². The third-order valence-electron chi connectivity index (χ3n) is 2.70. The Morgan fingerprint density at radius 3 is 3.14 bits per heavy atom. The first kappa shape index (κ1) is 9.45. The third-order valence-corrected chi connectivity index (χ3v) is 2.70. The molecular formula is C9H16N4O. The van der Waals surface area contributed by atoms with Crippen molar-refractivity contribution in [1.29, 1.82) is 0 Å². The van der Waals surface area contributed by atoms with E-state index in [1.807, 2.05) is 7.05 Å². The van der Waals surface area contributed by atoms with Gasteiger partial charge in [-0.1, -0.05) is 12.1 Å². The van der Waals surface area contributed by atoms with E-state index < -0.39 is 0 Å². The lowest BCUT2D eigenvalue weighted by Crippen LogP contribution is -2.43. The molecule has 0 bridgehead atoms. The molecule has 5 nitrogen and oxygen atoms in total. The Hall–Kier alpha value is -1.10. The summed E-state index contributed by atoms with van der Waals surface area (Å²) in [6, 6.07) is 0. The Balaban J connectivity index is 1.99. The van der Waals surface area contributed by atoms with Crippen molar-refractivity contribution in [1.82, 2.24) is 20.3 Å². The van der Waals surface area contributed by atoms with E-state index >= 15 is 0 Å². The zero-order valence-electron chi connectivity index (χ0n) is 8.60. The summed E-state index contributed by atoms with van der Waals surface area (Å²) in [4.78, 5) is 0. The van der Waals surface area contributed by atoms with Gasteiger partial charge in [-0.25, -0.2) is 4.68 Å². The van der Waals surface area contributed by atoms with Crippen LogP contribution in [0.3, 0.4) is 0 Å². The number of rotatable bonds is 2. The summed E-state index contributed by atoms with van der Waals surface area (Å²) in [5, 5.41) is 10.9. The van der Waals surface area contributed by atoms with Crippen LogP contribution in [0.2, 0.25) is 0 Å². The van der Waals surface area contributed by atoms with Crippen LogP contribution in [-0.4, -0.2) is 34.2 Å². The van der Waals surface area contributed by atoms with E-state index in [2.05, 4.69) is 22.6 Å². The van der Waals surface area contributed by atoms with E-state index in [9.17, 15) is 0 Å². The molecule has 5 heteroatoms. The van der Waals surface area contributed by atoms with Crippen molar-refractivity contribution in [3.05, 3.63) is 6.20 Å². The molecule has 2 unspecified atom stereocenters. The number of hydrogen-bond donors (Lipinski definition) is 1. The van der Waals surface area contributed by atoms with Crippen molar-refractivity contribution in [2.45, 2.75) is 19.4 Å². The van der Waals surface area contributed by atoms with E-state index in [0.717, 1.165) is 25.4 Å². The average molecular weight is 196 g/mol. The van der Waals surface area contributed by atoms with Gasteiger partial charge in [-0.15, -0.1) is 5.10 Å². The molecule has 1 N–H and O–H groups in total. The van der Waals surface area contributed by atoms with Gasteiger partial charge in [-0.05, 0) is 18.9 Å². The Morgan fingerprint density at radius 2 is 2.50 bits per heavy atom. The van der Waals surface area contributed by atoms with Crippen LogP contribution in [0.25, 0.3) is 0 Å². The second kappa shape index (κ2) is 3.96. The molecule has 1 aliphatic rings. The van der Waals surface area contributed by atoms with E-state index in [4.69, 9.17) is 4.74 Å². The molecule has 0 aromatic carbocycles. The van der Waals surface area contributed by atoms with Crippen LogP contribution in [0.15, 0.2) is 6.20 Å². The summed E-state index contributed by atoms with van der Waals surface area (Å²) in [5.74, 6) is 1.33. The van der Waals surface area contributed by atoms with E-state index in [0.29, 0.717) is 5.92 Å². The molecule has 0 amide bonds. The Morgan fingerprint density at radius 1 is 1.64 bits per heavy atom. The molecule has 1 saturated heterocycles. The smallest absolute Gasteiger partial charge is 0.232 e. The molecule has 78 valence electrons. The van der Waals surface area contributed by atoms with Crippen LogP contribution in [-0.2, 0) is 7.05 Å². The predicted octanol–water partition coefficient (Wildman–Crippen LogP) is 0.192. The van der Waals surface area contributed by atoms with Crippen LogP contribution >= 0.6 is 0 Å². The second-order valence-corrected chi connectivity index (χ2v) is 3.82. The minimum Gasteiger partial charge on any atom is -0.472 e. The van der Waals surface area contributed by atoms with Gasteiger partial charge < -0.3 is 10.1 Å². The fourth-order valence-corrected chi connectivity index (χ4v) is 1.66. The highest BCUT2D eigenvalue weighted by molar-refractivity contribution is 5.02. The maximum atomic E-state index is 5.81. The molecule has 2 rings (SSSR count). The molecule has 1 fully saturated rings. The molecule has 2 atom stereocenters. The van der Waals surface area contributed by atoms with E-state index in [-0.39, 0.29) is 6.10 Å². The van der Waals surface area contributed by atoms with Crippen LogP contribution in [0, 0.1) is 5.92 Å². The van der Waals surface area contributed by atoms with Crippen LogP contribution in [0.1, 0.15) is 13.3 Å². The summed E-state index contributed by atoms with van der Waals surface area (Å²) in [5.41, 5.74) is 0. The molecule has 1 aromatic rings. The largest absolute Gasteiger partial charge is 0.472 e. The zero-order chi connectivity index (χ0) is 9.97. The molecule has 0 radical (unpaired) electrons. The molecule has 0 spiro atoms. The lowest BCUT2D eigenvalue weighted by atomic mass is 9.97. The Bertz CT molecular complexity index is 299. The molecule has 2 heterocycles. The first-order valence-corrected chi connectivity index (χ1v) is 4.99. The number of nitrogens with one attached hydrogen (secondary N) is 1. The maximum absolute atomic E-state index is 5.81. The van der Waals surface area contributed by atoms with Gasteiger partial charge in [0.1, 0.15) is 12.3 Å². The Kier molecular flexibility index (Phi) is 2.67. The van der Waals surface area contributed by atoms with Gasteiger partial charge in [0.15, 0.2) is 0 Å². The standard InChI is InChI=1S/C9H16N4O/c1-7-3-4-10-5-8(7)14-9-6-11-12-13(9)2/h6-8,10H,3-5H2,1-2H3. The average Bonchev–Trinajstić information content (AvgIpc) is 2.56. The molecule has 14 heavy (non-hydrogen) atoms. The third kappa shape index (κ3) is 1.87. The fourth-order valence-electron chi connectivity index (χ4n) is 1.66. The molecule has 1 aliphatic heterocycles. The van der Waals surface area contributed by atoms with Gasteiger partial charge in [-0.2, -0.15) is 0 Å². The van der Waals surface area contributed by atoms with Crippen molar-refractivity contribution in [2.24, 2.45) is 13.0 Å². The number of piperidine rings is 1. The molecule has 0 saturated carbocycles. The number of hydrogen-bond acceptors (Lipinski definition) is 4. The summed E-state index contributed by atoms with van der Waals surface area (Å²) >= 11 is 0. The van der Waals surface area contributed by atoms with Gasteiger partial charge in [0.2, 0.25) is 5.88 Å². The van der Waals surface area contributed by atoms with Crippen LogP contribution in [0.5, 0.6) is 5.88 Å². The predicted molar refractivity (Wildman–Crippen MR) is 52.1 cm³/mol. The van der Waals surface area contributed by atoms with Crippen molar-refractivity contribution in [2.75, 3.05) is 13.1 Å². The SMILES string of the molecule is CC1CCNCC1Oc1cnnn1C. The highest BCUT2D eigenvalue weighted by Gasteiger charge is 2.23. The molecule has 0 aliphatic carbocycles. The number of aromatic nitrogens is 3. The van der Waals surface area contributed by atoms with Crippen molar-refractivity contribution in [3.8, 4) is 5.88 Å². The second-order valence-electron chi connectivity index (χ2n) is 3.82. The van der Waals surface area contributed by atoms with Crippen LogP contribution in [0.4, 0.5) is 0 Å². The maximum Gasteiger partial charge on any atom is 0.232 e. The lowest BCUT2D eigenvalue weighted by Gasteiger charge is -2.29. The first-order valence-electron chi connectivity index (χ1n) is 4.99. The van der Waals surface area contributed by atoms with Crippen LogP contribution < -0.4 is 10.1 Å². The summed E-state index contributed by atoms with van der Waals surface area (Å²) < 4.78 is 7.47. The molecule has 1 aromatic heterocycles. The number of aryl methyl sites for hydroxylation is 1. The van der Waals surface area contributed by atoms with Crippen molar-refractivity contribution in [3.63, 3.8) is 0 Å². The van der Waals surface area contributed by atoms with E-state index in [1.54, 1.807) is 10.9 Å². The van der Waals surface area contributed by atoms with Gasteiger partial charge in [0, 0.05) is 13.6 Å². The lowest BCUT2D eigenvalue weighted by molar-refractivity contribution is 0.105. The minimum atomic E-state index is 0.237. The minimum absolute atomic E-state index is 0.237. The fraction of sp³-hybridized carbons (Fsp3) is 0.778. The normalized spacial score (nSPS) is 27.6. The van der Waals surface area contributed by atoms with Crippen molar-refractivity contribution < 1.29 is 4.74 Å². The van der Waals surface area contributed by atoms with E-state index in [1.165, 1.54) is 0 Å². The zero-order valence-corrected chi connectivity index (χ0v) is 8.60. The highest BCUT2D eigenvalue weighted by atomic mass is 16.5. The number of nitrogens with zero attached hydrogens (tertiary/aromatic N) is 3. The summed E-state index contributed by atoms with van der Waals surface area (Å²) in [7, 11) is 1.84. The quantitative estimate of drug-likeness (QED) is 0.733. The number of ether oxygens (including phenoxy) is 1.